The van der Waals surface area contributed by atoms with Crippen molar-refractivity contribution in [2.24, 2.45) is 0 Å². The zero-order valence-electron chi connectivity index (χ0n) is 17.4. The smallest absolute Gasteiger partial charge is 0.257 e. The molecule has 1 heterocycles. The van der Waals surface area contributed by atoms with Gasteiger partial charge in [0, 0.05) is 24.3 Å². The highest BCUT2D eigenvalue weighted by Crippen LogP contribution is 2.24. The molecule has 0 aliphatic rings. The summed E-state index contributed by atoms with van der Waals surface area (Å²) in [6.07, 6.45) is 3.06. The number of benzene rings is 2. The van der Waals surface area contributed by atoms with Gasteiger partial charge >= 0.3 is 0 Å². The second-order valence-corrected chi connectivity index (χ2v) is 7.75. The van der Waals surface area contributed by atoms with Crippen molar-refractivity contribution < 1.29 is 19.0 Å². The van der Waals surface area contributed by atoms with Gasteiger partial charge in [0.15, 0.2) is 5.13 Å². The molecule has 6 nitrogen and oxygen atoms in total. The Labute approximate surface area is 180 Å². The highest BCUT2D eigenvalue weighted by Gasteiger charge is 2.13. The number of hydrogen-bond donors (Lipinski definition) is 1. The molecule has 0 saturated carbocycles. The van der Waals surface area contributed by atoms with E-state index in [9.17, 15) is 4.79 Å². The number of hydrogen-bond acceptors (Lipinski definition) is 6. The molecule has 2 aromatic carbocycles. The Balaban J connectivity index is 1.82. The SMILES string of the molecule is COC[C@H](C)Oc1cc(CCc2ccccc2OC)cc(C(=O)Nc2nccs2)c1. The third-order valence-corrected chi connectivity index (χ3v) is 5.18. The van der Waals surface area contributed by atoms with Crippen molar-refractivity contribution in [2.75, 3.05) is 26.1 Å². The second-order valence-electron chi connectivity index (χ2n) is 6.85. The minimum Gasteiger partial charge on any atom is -0.496 e. The van der Waals surface area contributed by atoms with Crippen LogP contribution in [0.5, 0.6) is 11.5 Å². The number of carbonyl (C=O) groups excluding carboxylic acids is 1. The first kappa shape index (κ1) is 21.8. The van der Waals surface area contributed by atoms with E-state index in [4.69, 9.17) is 14.2 Å². The number of aryl methyl sites for hydroxylation is 2. The van der Waals surface area contributed by atoms with Crippen molar-refractivity contribution in [1.82, 2.24) is 4.98 Å². The van der Waals surface area contributed by atoms with Crippen molar-refractivity contribution in [2.45, 2.75) is 25.9 Å². The number of rotatable bonds is 10. The van der Waals surface area contributed by atoms with Crippen LogP contribution < -0.4 is 14.8 Å². The van der Waals surface area contributed by atoms with E-state index in [2.05, 4.69) is 16.4 Å². The van der Waals surface area contributed by atoms with Gasteiger partial charge in [-0.15, -0.1) is 11.3 Å². The molecule has 1 N–H and O–H groups in total. The predicted octanol–water partition coefficient (Wildman–Crippen LogP) is 4.60. The molecule has 1 amide bonds. The summed E-state index contributed by atoms with van der Waals surface area (Å²) in [4.78, 5) is 16.9. The number of thiazole rings is 1. The lowest BCUT2D eigenvalue weighted by molar-refractivity contribution is 0.0916. The van der Waals surface area contributed by atoms with Crippen LogP contribution >= 0.6 is 11.3 Å². The zero-order valence-corrected chi connectivity index (χ0v) is 18.2. The number of anilines is 1. The summed E-state index contributed by atoms with van der Waals surface area (Å²) in [6.45, 7) is 2.40. The van der Waals surface area contributed by atoms with Gasteiger partial charge in [0.05, 0.1) is 13.7 Å². The molecule has 0 bridgehead atoms. The molecule has 1 atom stereocenters. The van der Waals surface area contributed by atoms with E-state index in [1.807, 2.05) is 42.6 Å². The zero-order chi connectivity index (χ0) is 21.3. The fourth-order valence-electron chi connectivity index (χ4n) is 3.15. The summed E-state index contributed by atoms with van der Waals surface area (Å²) in [6, 6.07) is 13.6. The molecule has 3 aromatic rings. The number of nitrogens with one attached hydrogen (secondary N) is 1. The van der Waals surface area contributed by atoms with Gasteiger partial charge in [0.25, 0.3) is 5.91 Å². The largest absolute Gasteiger partial charge is 0.496 e. The van der Waals surface area contributed by atoms with Gasteiger partial charge in [-0.05, 0) is 55.2 Å². The van der Waals surface area contributed by atoms with Gasteiger partial charge < -0.3 is 14.2 Å². The van der Waals surface area contributed by atoms with Crippen LogP contribution in [0.2, 0.25) is 0 Å². The lowest BCUT2D eigenvalue weighted by Crippen LogP contribution is -2.19. The van der Waals surface area contributed by atoms with E-state index < -0.39 is 0 Å². The highest BCUT2D eigenvalue weighted by atomic mass is 32.1. The minimum atomic E-state index is -0.215. The van der Waals surface area contributed by atoms with Crippen molar-refractivity contribution in [3.8, 4) is 11.5 Å². The molecule has 0 unspecified atom stereocenters. The van der Waals surface area contributed by atoms with Crippen LogP contribution in [0.1, 0.15) is 28.4 Å². The van der Waals surface area contributed by atoms with Gasteiger partial charge in [-0.3, -0.25) is 10.1 Å². The van der Waals surface area contributed by atoms with Crippen LogP contribution in [0.15, 0.2) is 54.0 Å². The molecular weight excluding hydrogens is 400 g/mol. The van der Waals surface area contributed by atoms with Gasteiger partial charge in [-0.1, -0.05) is 18.2 Å². The first-order valence-electron chi connectivity index (χ1n) is 9.71. The molecule has 0 saturated heterocycles. The van der Waals surface area contributed by atoms with Crippen LogP contribution in [-0.2, 0) is 17.6 Å². The number of nitrogens with zero attached hydrogens (tertiary/aromatic N) is 1. The standard InChI is InChI=1S/C23H26N2O4S/c1-16(15-27-2)29-20-13-17(8-9-18-6-4-5-7-21(18)28-3)12-19(14-20)22(26)25-23-24-10-11-30-23/h4-7,10-14,16H,8-9,15H2,1-3H3,(H,24,25,26)/t16-/m0/s1. The topological polar surface area (TPSA) is 69.7 Å². The molecule has 7 heteroatoms. The molecule has 0 aliphatic carbocycles. The number of methoxy groups -OCH3 is 2. The van der Waals surface area contributed by atoms with Crippen LogP contribution in [0.3, 0.4) is 0 Å². The Bertz CT molecular complexity index is 960. The molecule has 158 valence electrons. The van der Waals surface area contributed by atoms with Gasteiger partial charge in [0.1, 0.15) is 17.6 Å². The summed E-state index contributed by atoms with van der Waals surface area (Å²) in [5.74, 6) is 1.29. The lowest BCUT2D eigenvalue weighted by Gasteiger charge is -2.16. The number of aromatic nitrogens is 1. The average molecular weight is 427 g/mol. The van der Waals surface area contributed by atoms with Crippen molar-refractivity contribution in [3.05, 3.63) is 70.7 Å². The van der Waals surface area contributed by atoms with Crippen molar-refractivity contribution in [3.63, 3.8) is 0 Å². The summed E-state index contributed by atoms with van der Waals surface area (Å²) >= 11 is 1.38. The van der Waals surface area contributed by atoms with Crippen molar-refractivity contribution >= 4 is 22.4 Å². The molecule has 0 spiro atoms. The molecule has 0 radical (unpaired) electrons. The minimum absolute atomic E-state index is 0.130. The van der Waals surface area contributed by atoms with Crippen LogP contribution in [0.4, 0.5) is 5.13 Å². The number of amides is 1. The average Bonchev–Trinajstić information content (AvgIpc) is 3.25. The van der Waals surface area contributed by atoms with Crippen LogP contribution in [-0.4, -0.2) is 37.8 Å². The number of ether oxygens (including phenoxy) is 3. The van der Waals surface area contributed by atoms with Crippen molar-refractivity contribution in [1.29, 1.82) is 0 Å². The maximum atomic E-state index is 12.8. The Kier molecular flexibility index (Phi) is 7.82. The molecule has 0 aliphatic heterocycles. The van der Waals surface area contributed by atoms with E-state index in [0.717, 1.165) is 29.7 Å². The fraction of sp³-hybridized carbons (Fsp3) is 0.304. The summed E-state index contributed by atoms with van der Waals surface area (Å²) in [5, 5.41) is 5.22. The lowest BCUT2D eigenvalue weighted by atomic mass is 10.0. The summed E-state index contributed by atoms with van der Waals surface area (Å²) in [5.41, 5.74) is 2.66. The Morgan fingerprint density at radius 1 is 1.17 bits per heavy atom. The molecule has 3 rings (SSSR count). The second kappa shape index (κ2) is 10.8. The van der Waals surface area contributed by atoms with Crippen LogP contribution in [0.25, 0.3) is 0 Å². The van der Waals surface area contributed by atoms with Gasteiger partial charge in [0.2, 0.25) is 0 Å². The first-order chi connectivity index (χ1) is 14.6. The van der Waals surface area contributed by atoms with E-state index in [1.54, 1.807) is 26.5 Å². The monoisotopic (exact) mass is 426 g/mol. The van der Waals surface area contributed by atoms with Gasteiger partial charge in [-0.25, -0.2) is 4.98 Å². The first-order valence-corrected chi connectivity index (χ1v) is 10.6. The molecule has 30 heavy (non-hydrogen) atoms. The quantitative estimate of drug-likeness (QED) is 0.513. The number of para-hydroxylation sites is 1. The van der Waals surface area contributed by atoms with Gasteiger partial charge in [-0.2, -0.15) is 0 Å². The summed E-state index contributed by atoms with van der Waals surface area (Å²) in [7, 11) is 3.31. The number of carbonyl (C=O) groups is 1. The maximum Gasteiger partial charge on any atom is 0.257 e. The molecular formula is C23H26N2O4S. The molecule has 0 fully saturated rings. The molecule has 1 aromatic heterocycles. The third-order valence-electron chi connectivity index (χ3n) is 4.50. The van der Waals surface area contributed by atoms with E-state index in [0.29, 0.717) is 23.1 Å². The van der Waals surface area contributed by atoms with E-state index in [1.165, 1.54) is 11.3 Å². The fourth-order valence-corrected chi connectivity index (χ4v) is 3.67. The Morgan fingerprint density at radius 3 is 2.73 bits per heavy atom. The Morgan fingerprint density at radius 2 is 2.00 bits per heavy atom. The highest BCUT2D eigenvalue weighted by molar-refractivity contribution is 7.13. The predicted molar refractivity (Wildman–Crippen MR) is 119 cm³/mol. The summed E-state index contributed by atoms with van der Waals surface area (Å²) < 4.78 is 16.6. The normalized spacial score (nSPS) is 11.7. The third kappa shape index (κ3) is 6.05. The van der Waals surface area contributed by atoms with E-state index in [-0.39, 0.29) is 12.0 Å². The Hall–Kier alpha value is -2.90. The van der Waals surface area contributed by atoms with Crippen LogP contribution in [0, 0.1) is 0 Å². The van der Waals surface area contributed by atoms with E-state index >= 15 is 0 Å². The maximum absolute atomic E-state index is 12.8.